The van der Waals surface area contributed by atoms with Gasteiger partial charge < -0.3 is 20.6 Å². The Hall–Kier alpha value is -3.41. The van der Waals surface area contributed by atoms with E-state index < -0.39 is 35.7 Å². The van der Waals surface area contributed by atoms with Gasteiger partial charge in [0.25, 0.3) is 5.91 Å². The van der Waals surface area contributed by atoms with Crippen molar-refractivity contribution in [3.05, 3.63) is 41.7 Å². The van der Waals surface area contributed by atoms with E-state index >= 15 is 0 Å². The van der Waals surface area contributed by atoms with Crippen LogP contribution in [-0.4, -0.2) is 29.6 Å². The van der Waals surface area contributed by atoms with Crippen molar-refractivity contribution < 1.29 is 31.9 Å². The zero-order chi connectivity index (χ0) is 21.8. The van der Waals surface area contributed by atoms with Crippen LogP contribution in [0.3, 0.4) is 0 Å². The maximum atomic E-state index is 14.4. The number of carbonyl (C=O) groups excluding carboxylic acids is 2. The largest absolute Gasteiger partial charge is 0.573 e. The molecule has 0 unspecified atom stereocenters. The van der Waals surface area contributed by atoms with Crippen molar-refractivity contribution in [2.75, 3.05) is 10.3 Å². The molecule has 0 saturated heterocycles. The number of carbonyl (C=O) groups is 2. The minimum absolute atomic E-state index is 0.0191. The molecule has 29 heavy (non-hydrogen) atoms. The number of primary amides is 1. The summed E-state index contributed by atoms with van der Waals surface area (Å²) in [6.45, 7) is 1.54. The number of rotatable bonds is 8. The molecule has 0 aliphatic heterocycles. The molecule has 1 amide bonds. The third-order valence-corrected chi connectivity index (χ3v) is 3.71. The van der Waals surface area contributed by atoms with Crippen LogP contribution in [0.25, 0.3) is 0 Å². The number of ether oxygens (including phenoxy) is 1. The van der Waals surface area contributed by atoms with Gasteiger partial charge in [-0.05, 0) is 25.1 Å². The second-order valence-corrected chi connectivity index (χ2v) is 5.91. The summed E-state index contributed by atoms with van der Waals surface area (Å²) >= 11 is 0. The van der Waals surface area contributed by atoms with Crippen LogP contribution in [0.15, 0.2) is 30.3 Å². The zero-order valence-electron chi connectivity index (χ0n) is 15.0. The first-order valence-electron chi connectivity index (χ1n) is 8.12. The molecule has 1 aromatic heterocycles. The van der Waals surface area contributed by atoms with Crippen LogP contribution in [0.5, 0.6) is 5.75 Å². The highest BCUT2D eigenvalue weighted by Gasteiger charge is 2.31. The highest BCUT2D eigenvalue weighted by atomic mass is 19.4. The van der Waals surface area contributed by atoms with E-state index in [1.807, 2.05) is 0 Å². The molecule has 2 rings (SSSR count). The summed E-state index contributed by atoms with van der Waals surface area (Å²) in [5.41, 5.74) is 4.94. The van der Waals surface area contributed by atoms with Crippen molar-refractivity contribution >= 4 is 29.5 Å². The fraction of sp³-hybridized carbons (Fsp3) is 0.235. The highest BCUT2D eigenvalue weighted by molar-refractivity contribution is 5.98. The number of aldehydes is 1. The Morgan fingerprint density at radius 3 is 2.66 bits per heavy atom. The Morgan fingerprint density at radius 1 is 1.38 bits per heavy atom. The van der Waals surface area contributed by atoms with Crippen LogP contribution in [0, 0.1) is 5.82 Å². The Kier molecular flexibility index (Phi) is 6.59. The molecule has 1 heterocycles. The van der Waals surface area contributed by atoms with Crippen molar-refractivity contribution in [3.63, 3.8) is 0 Å². The fourth-order valence-electron chi connectivity index (χ4n) is 2.31. The third-order valence-electron chi connectivity index (χ3n) is 3.71. The maximum Gasteiger partial charge on any atom is 0.573 e. The average molecular weight is 415 g/mol. The molecular weight excluding hydrogens is 398 g/mol. The number of halogens is 4. The summed E-state index contributed by atoms with van der Waals surface area (Å²) in [6, 6.07) is 4.87. The first-order valence-corrected chi connectivity index (χ1v) is 8.12. The predicted molar refractivity (Wildman–Crippen MR) is 95.9 cm³/mol. The number of aromatic nitrogens is 1. The smallest absolute Gasteiger partial charge is 0.406 e. The molecule has 0 aliphatic rings. The van der Waals surface area contributed by atoms with Gasteiger partial charge in [0.1, 0.15) is 17.9 Å². The number of benzene rings is 1. The summed E-state index contributed by atoms with van der Waals surface area (Å²) in [5, 5.41) is 3.49. The highest BCUT2D eigenvalue weighted by Crippen LogP contribution is 2.29. The van der Waals surface area contributed by atoms with Gasteiger partial charge >= 0.3 is 6.36 Å². The van der Waals surface area contributed by atoms with E-state index in [9.17, 15) is 27.2 Å². The average Bonchev–Trinajstić information content (AvgIpc) is 2.61. The van der Waals surface area contributed by atoms with Gasteiger partial charge in [-0.15, -0.1) is 13.2 Å². The van der Waals surface area contributed by atoms with Crippen LogP contribution in [0.4, 0.5) is 34.9 Å². The fourth-order valence-corrected chi connectivity index (χ4v) is 2.31. The third kappa shape index (κ3) is 5.78. The van der Waals surface area contributed by atoms with Crippen molar-refractivity contribution in [2.24, 2.45) is 11.6 Å². The number of hydrazine groups is 1. The molecule has 0 radical (unpaired) electrons. The molecule has 0 spiro atoms. The van der Waals surface area contributed by atoms with Gasteiger partial charge in [-0.2, -0.15) is 0 Å². The molecule has 0 aliphatic carbocycles. The molecule has 1 aromatic carbocycles. The molecule has 0 saturated carbocycles. The summed E-state index contributed by atoms with van der Waals surface area (Å²) in [5.74, 6) is 2.63. The second-order valence-electron chi connectivity index (χ2n) is 5.91. The Bertz CT molecular complexity index is 907. The Balaban J connectivity index is 2.43. The van der Waals surface area contributed by atoms with E-state index in [1.54, 1.807) is 6.92 Å². The lowest BCUT2D eigenvalue weighted by Gasteiger charge is -2.25. The minimum atomic E-state index is -4.90. The van der Waals surface area contributed by atoms with Crippen LogP contribution < -0.4 is 26.6 Å². The summed E-state index contributed by atoms with van der Waals surface area (Å²) in [7, 11) is 0. The number of pyridine rings is 1. The SMILES string of the molecule is C[C@H](CC=O)N(N)c1nc(Nc2cccc(OC(F)(F)F)c2)c(C(N)=O)cc1F. The first kappa shape index (κ1) is 21.9. The predicted octanol–water partition coefficient (Wildman–Crippen LogP) is 2.62. The number of alkyl halides is 3. The second kappa shape index (κ2) is 8.73. The molecule has 8 nitrogen and oxygen atoms in total. The monoisotopic (exact) mass is 415 g/mol. The Morgan fingerprint density at radius 2 is 2.07 bits per heavy atom. The van der Waals surface area contributed by atoms with Gasteiger partial charge in [-0.25, -0.2) is 15.2 Å². The van der Waals surface area contributed by atoms with Crippen LogP contribution in [0.1, 0.15) is 23.7 Å². The van der Waals surface area contributed by atoms with Crippen LogP contribution in [-0.2, 0) is 4.79 Å². The van der Waals surface area contributed by atoms with E-state index in [0.717, 1.165) is 23.2 Å². The summed E-state index contributed by atoms with van der Waals surface area (Å²) in [6.07, 6.45) is -4.33. The van der Waals surface area contributed by atoms with Crippen LogP contribution >= 0.6 is 0 Å². The number of nitrogens with two attached hydrogens (primary N) is 2. The van der Waals surface area contributed by atoms with E-state index in [2.05, 4.69) is 15.0 Å². The molecule has 0 bridgehead atoms. The van der Waals surface area contributed by atoms with Gasteiger partial charge in [-0.3, -0.25) is 9.80 Å². The Labute approximate surface area is 162 Å². The molecule has 12 heteroatoms. The number of nitrogens with zero attached hydrogens (tertiary/aromatic N) is 2. The van der Waals surface area contributed by atoms with Gasteiger partial charge in [0.15, 0.2) is 11.6 Å². The molecule has 1 atom stereocenters. The van der Waals surface area contributed by atoms with Gasteiger partial charge in [0.05, 0.1) is 11.6 Å². The number of hydrogen-bond donors (Lipinski definition) is 3. The van der Waals surface area contributed by atoms with E-state index in [1.165, 1.54) is 12.1 Å². The lowest BCUT2D eigenvalue weighted by molar-refractivity contribution is -0.274. The molecule has 156 valence electrons. The minimum Gasteiger partial charge on any atom is -0.406 e. The summed E-state index contributed by atoms with van der Waals surface area (Å²) < 4.78 is 55.4. The quantitative estimate of drug-likeness (QED) is 0.262. The van der Waals surface area contributed by atoms with Crippen molar-refractivity contribution in [2.45, 2.75) is 25.7 Å². The first-order chi connectivity index (χ1) is 13.5. The summed E-state index contributed by atoms with van der Waals surface area (Å²) in [4.78, 5) is 26.2. The zero-order valence-corrected chi connectivity index (χ0v) is 15.0. The lowest BCUT2D eigenvalue weighted by atomic mass is 10.2. The van der Waals surface area contributed by atoms with Gasteiger partial charge in [0.2, 0.25) is 0 Å². The van der Waals surface area contributed by atoms with Crippen molar-refractivity contribution in [1.82, 2.24) is 4.98 Å². The topological polar surface area (TPSA) is 124 Å². The van der Waals surface area contributed by atoms with E-state index in [0.29, 0.717) is 6.29 Å². The normalized spacial score (nSPS) is 12.2. The maximum absolute atomic E-state index is 14.4. The van der Waals surface area contributed by atoms with E-state index in [4.69, 9.17) is 11.6 Å². The lowest BCUT2D eigenvalue weighted by Crippen LogP contribution is -2.41. The molecular formula is C17H17F4N5O3. The standard InChI is InChI=1S/C17H17F4N5O3/c1-9(5-6-27)26(23)16-13(18)8-12(14(22)28)15(25-16)24-10-3-2-4-11(7-10)29-17(19,20)21/h2-4,6-9H,5,23H2,1H3,(H2,22,28)(H,24,25)/t9-/m1/s1. The van der Waals surface area contributed by atoms with E-state index in [-0.39, 0.29) is 23.5 Å². The number of nitrogens with one attached hydrogen (secondary N) is 1. The van der Waals surface area contributed by atoms with Gasteiger partial charge in [-0.1, -0.05) is 6.07 Å². The molecule has 5 N–H and O–H groups in total. The van der Waals surface area contributed by atoms with Crippen LogP contribution in [0.2, 0.25) is 0 Å². The molecule has 2 aromatic rings. The number of anilines is 3. The van der Waals surface area contributed by atoms with Gasteiger partial charge in [0, 0.05) is 18.2 Å². The van der Waals surface area contributed by atoms with Crippen molar-refractivity contribution in [3.8, 4) is 5.75 Å². The number of amides is 1. The van der Waals surface area contributed by atoms with Crippen molar-refractivity contribution in [1.29, 1.82) is 0 Å². The molecule has 0 fully saturated rings. The number of hydrogen-bond acceptors (Lipinski definition) is 7.